The molecule has 35 heavy (non-hydrogen) atoms. The van der Waals surface area contributed by atoms with Crippen LogP contribution in [0.2, 0.25) is 0 Å². The number of para-hydroxylation sites is 1. The van der Waals surface area contributed by atoms with Gasteiger partial charge in [0, 0.05) is 28.9 Å². The third kappa shape index (κ3) is 5.85. The van der Waals surface area contributed by atoms with Gasteiger partial charge in [-0.1, -0.05) is 18.2 Å². The van der Waals surface area contributed by atoms with E-state index in [1.807, 2.05) is 0 Å². The molecule has 0 aliphatic heterocycles. The summed E-state index contributed by atoms with van der Waals surface area (Å²) in [7, 11) is 0. The van der Waals surface area contributed by atoms with Crippen molar-refractivity contribution in [2.24, 2.45) is 0 Å². The number of hydrogen-bond acceptors (Lipinski definition) is 4. The molecule has 0 spiro atoms. The van der Waals surface area contributed by atoms with Gasteiger partial charge < -0.3 is 10.6 Å². The van der Waals surface area contributed by atoms with Crippen LogP contribution in [0.15, 0.2) is 36.4 Å². The molecule has 2 aromatic heterocycles. The number of carbonyl (C=O) groups excluding carboxylic acids is 1. The van der Waals surface area contributed by atoms with Crippen LogP contribution in [0.1, 0.15) is 42.8 Å². The molecule has 1 saturated carbocycles. The van der Waals surface area contributed by atoms with Crippen molar-refractivity contribution in [3.63, 3.8) is 0 Å². The second-order valence-corrected chi connectivity index (χ2v) is 8.67. The van der Waals surface area contributed by atoms with Crippen LogP contribution in [0.25, 0.3) is 10.9 Å². The number of nitrogens with one attached hydrogen (secondary N) is 2. The normalized spacial score (nSPS) is 19.1. The Labute approximate surface area is 196 Å². The molecule has 0 unspecified atom stereocenters. The number of aryl methyl sites for hydroxylation is 1. The number of rotatable bonds is 5. The van der Waals surface area contributed by atoms with E-state index in [4.69, 9.17) is 0 Å². The molecule has 3 aromatic rings. The second kappa shape index (κ2) is 9.38. The fourth-order valence-electron chi connectivity index (χ4n) is 4.33. The first-order valence-corrected chi connectivity index (χ1v) is 11.0. The van der Waals surface area contributed by atoms with Crippen molar-refractivity contribution >= 4 is 22.5 Å². The summed E-state index contributed by atoms with van der Waals surface area (Å²) in [6.45, 7) is 1.07. The summed E-state index contributed by atoms with van der Waals surface area (Å²) in [4.78, 5) is 16.2. The van der Waals surface area contributed by atoms with Gasteiger partial charge in [-0.25, -0.2) is 4.98 Å². The Balaban J connectivity index is 1.43. The lowest BCUT2D eigenvalue weighted by Crippen LogP contribution is -2.43. The number of halogens is 6. The second-order valence-electron chi connectivity index (χ2n) is 8.67. The summed E-state index contributed by atoms with van der Waals surface area (Å²) < 4.78 is 79.6. The quantitative estimate of drug-likeness (QED) is 0.467. The van der Waals surface area contributed by atoms with E-state index in [1.54, 1.807) is 18.2 Å². The van der Waals surface area contributed by atoms with Crippen LogP contribution < -0.4 is 10.6 Å². The highest BCUT2D eigenvalue weighted by Crippen LogP contribution is 2.34. The minimum Gasteiger partial charge on any atom is -0.382 e. The van der Waals surface area contributed by atoms with E-state index in [1.165, 1.54) is 13.0 Å². The zero-order chi connectivity index (χ0) is 25.4. The number of amides is 1. The Morgan fingerprint density at radius 3 is 2.40 bits per heavy atom. The van der Waals surface area contributed by atoms with Crippen molar-refractivity contribution in [3.05, 3.63) is 53.5 Å². The van der Waals surface area contributed by atoms with E-state index < -0.39 is 29.6 Å². The van der Waals surface area contributed by atoms with Crippen molar-refractivity contribution in [1.29, 1.82) is 0 Å². The molecule has 0 saturated heterocycles. The zero-order valence-corrected chi connectivity index (χ0v) is 18.7. The predicted molar refractivity (Wildman–Crippen MR) is 117 cm³/mol. The topological polar surface area (TPSA) is 71.8 Å². The standard InChI is InChI=1S/C23H23F6N5O/c1-13-9-20(23(27,28)29)33-34(13)12-21(35)31-15-6-4-5-14(10-15)30-18-11-19(22(24,25)26)32-17-8-3-2-7-16(17)18/h2-3,7-9,11,14-15H,4-6,10,12H2,1H3,(H,30,32)(H,31,35)/t14-,15+/m0/s1. The number of nitrogens with zero attached hydrogens (tertiary/aromatic N) is 3. The minimum absolute atomic E-state index is 0.204. The summed E-state index contributed by atoms with van der Waals surface area (Å²) in [5.74, 6) is -0.482. The van der Waals surface area contributed by atoms with Gasteiger partial charge in [0.15, 0.2) is 5.69 Å². The summed E-state index contributed by atoms with van der Waals surface area (Å²) in [5.41, 5.74) is -1.31. The number of aromatic nitrogens is 3. The first-order chi connectivity index (χ1) is 16.4. The van der Waals surface area contributed by atoms with Crippen LogP contribution in [0.4, 0.5) is 32.0 Å². The number of fused-ring (bicyclic) bond motifs is 1. The monoisotopic (exact) mass is 499 g/mol. The number of alkyl halides is 6. The van der Waals surface area contributed by atoms with Gasteiger partial charge >= 0.3 is 12.4 Å². The van der Waals surface area contributed by atoms with Crippen LogP contribution in [0.3, 0.4) is 0 Å². The Bertz CT molecular complexity index is 1220. The van der Waals surface area contributed by atoms with E-state index in [2.05, 4.69) is 20.7 Å². The van der Waals surface area contributed by atoms with Crippen LogP contribution in [-0.4, -0.2) is 32.8 Å². The summed E-state index contributed by atoms with van der Waals surface area (Å²) in [6.07, 6.45) is -6.68. The van der Waals surface area contributed by atoms with E-state index in [-0.39, 0.29) is 29.8 Å². The molecule has 2 heterocycles. The SMILES string of the molecule is Cc1cc(C(F)(F)F)nn1CC(=O)N[C@@H]1CCC[C@H](Nc2cc(C(F)(F)F)nc3ccccc23)C1. The number of pyridine rings is 1. The number of benzene rings is 1. The molecule has 188 valence electrons. The number of hydrogen-bond donors (Lipinski definition) is 2. The van der Waals surface area contributed by atoms with Crippen LogP contribution in [0, 0.1) is 6.92 Å². The van der Waals surface area contributed by atoms with Crippen molar-refractivity contribution in [3.8, 4) is 0 Å². The molecular formula is C23H23F6N5O. The third-order valence-electron chi connectivity index (χ3n) is 5.97. The fraction of sp³-hybridized carbons (Fsp3) is 0.435. The van der Waals surface area contributed by atoms with Crippen molar-refractivity contribution in [2.75, 3.05) is 5.32 Å². The van der Waals surface area contributed by atoms with Crippen molar-refractivity contribution < 1.29 is 31.1 Å². The lowest BCUT2D eigenvalue weighted by molar-refractivity contribution is -0.142. The van der Waals surface area contributed by atoms with Crippen LogP contribution in [0.5, 0.6) is 0 Å². The molecule has 1 fully saturated rings. The maximum atomic E-state index is 13.3. The maximum Gasteiger partial charge on any atom is 0.435 e. The molecule has 2 atom stereocenters. The number of anilines is 1. The van der Waals surface area contributed by atoms with Gasteiger partial charge in [-0.3, -0.25) is 9.48 Å². The minimum atomic E-state index is -4.60. The molecule has 6 nitrogen and oxygen atoms in total. The molecule has 2 N–H and O–H groups in total. The molecular weight excluding hydrogens is 476 g/mol. The van der Waals surface area contributed by atoms with Crippen LogP contribution >= 0.6 is 0 Å². The summed E-state index contributed by atoms with van der Waals surface area (Å²) in [5, 5.41) is 10.0. The van der Waals surface area contributed by atoms with Gasteiger partial charge in [0.2, 0.25) is 5.91 Å². The van der Waals surface area contributed by atoms with Gasteiger partial charge in [0.1, 0.15) is 12.2 Å². The number of carbonyl (C=O) groups is 1. The summed E-state index contributed by atoms with van der Waals surface area (Å²) in [6, 6.07) is 7.92. The third-order valence-corrected chi connectivity index (χ3v) is 5.97. The lowest BCUT2D eigenvalue weighted by atomic mass is 9.90. The average molecular weight is 499 g/mol. The summed E-state index contributed by atoms with van der Waals surface area (Å²) >= 11 is 0. The van der Waals surface area contributed by atoms with E-state index >= 15 is 0 Å². The van der Waals surface area contributed by atoms with Crippen LogP contribution in [-0.2, 0) is 23.7 Å². The van der Waals surface area contributed by atoms with Gasteiger partial charge in [0.25, 0.3) is 0 Å². The highest BCUT2D eigenvalue weighted by atomic mass is 19.4. The van der Waals surface area contributed by atoms with Crippen molar-refractivity contribution in [2.45, 2.75) is 63.6 Å². The smallest absolute Gasteiger partial charge is 0.382 e. The Morgan fingerprint density at radius 1 is 1.03 bits per heavy atom. The molecule has 1 aliphatic rings. The van der Waals surface area contributed by atoms with E-state index in [9.17, 15) is 31.1 Å². The fourth-order valence-corrected chi connectivity index (χ4v) is 4.33. The predicted octanol–water partition coefficient (Wildman–Crippen LogP) is 5.32. The molecule has 0 radical (unpaired) electrons. The van der Waals surface area contributed by atoms with E-state index in [0.717, 1.165) is 23.2 Å². The largest absolute Gasteiger partial charge is 0.435 e. The van der Waals surface area contributed by atoms with Gasteiger partial charge in [-0.2, -0.15) is 31.4 Å². The Kier molecular flexibility index (Phi) is 6.65. The first-order valence-electron chi connectivity index (χ1n) is 11.0. The highest BCUT2D eigenvalue weighted by molar-refractivity contribution is 5.91. The highest BCUT2D eigenvalue weighted by Gasteiger charge is 2.35. The molecule has 0 bridgehead atoms. The molecule has 1 aromatic carbocycles. The van der Waals surface area contributed by atoms with Crippen molar-refractivity contribution in [1.82, 2.24) is 20.1 Å². The molecule has 1 aliphatic carbocycles. The first kappa shape index (κ1) is 24.8. The van der Waals surface area contributed by atoms with Gasteiger partial charge in [0.05, 0.1) is 5.52 Å². The molecule has 12 heteroatoms. The maximum absolute atomic E-state index is 13.3. The van der Waals surface area contributed by atoms with E-state index in [0.29, 0.717) is 30.3 Å². The Morgan fingerprint density at radius 2 is 1.71 bits per heavy atom. The molecule has 4 rings (SSSR count). The molecule has 1 amide bonds. The lowest BCUT2D eigenvalue weighted by Gasteiger charge is -2.31. The van der Waals surface area contributed by atoms with Gasteiger partial charge in [-0.05, 0) is 50.8 Å². The zero-order valence-electron chi connectivity index (χ0n) is 18.7. The Hall–Kier alpha value is -3.31. The van der Waals surface area contributed by atoms with Gasteiger partial charge in [-0.15, -0.1) is 0 Å². The average Bonchev–Trinajstić information content (AvgIpc) is 3.14.